The summed E-state index contributed by atoms with van der Waals surface area (Å²) in [5.41, 5.74) is -0.849. The number of carbonyl (C=O) groups is 4. The van der Waals surface area contributed by atoms with Crippen LogP contribution in [0.25, 0.3) is 0 Å². The van der Waals surface area contributed by atoms with Gasteiger partial charge >= 0.3 is 17.9 Å². The minimum Gasteiger partial charge on any atom is -0.461 e. The summed E-state index contributed by atoms with van der Waals surface area (Å²) in [4.78, 5) is 48.8. The molecule has 3 atom stereocenters. The lowest BCUT2D eigenvalue weighted by Gasteiger charge is -2.27. The van der Waals surface area contributed by atoms with Crippen LogP contribution in [0, 0.1) is 5.92 Å². The van der Waals surface area contributed by atoms with E-state index in [1.807, 2.05) is 0 Å². The van der Waals surface area contributed by atoms with Gasteiger partial charge in [-0.15, -0.1) is 0 Å². The molecule has 8 nitrogen and oxygen atoms in total. The molecule has 1 aliphatic carbocycles. The van der Waals surface area contributed by atoms with Crippen molar-refractivity contribution >= 4 is 23.7 Å². The zero-order chi connectivity index (χ0) is 22.6. The van der Waals surface area contributed by atoms with Gasteiger partial charge in [0.25, 0.3) is 0 Å². The van der Waals surface area contributed by atoms with Gasteiger partial charge < -0.3 is 19.3 Å². The van der Waals surface area contributed by atoms with E-state index in [0.29, 0.717) is 5.57 Å². The molecule has 0 saturated heterocycles. The van der Waals surface area contributed by atoms with Crippen molar-refractivity contribution in [2.24, 2.45) is 5.92 Å². The summed E-state index contributed by atoms with van der Waals surface area (Å²) >= 11 is 0. The van der Waals surface area contributed by atoms with Gasteiger partial charge in [0.05, 0.1) is 11.2 Å². The average molecular weight is 420 g/mol. The molecule has 8 heteroatoms. The summed E-state index contributed by atoms with van der Waals surface area (Å²) in [6.07, 6.45) is 2.32. The fraction of sp³-hybridized carbons (Fsp3) is 0.545. The van der Waals surface area contributed by atoms with Crippen molar-refractivity contribution in [1.29, 1.82) is 0 Å². The SMILES string of the molecule is C/C=C(/C)C(=O)O[C@H]1C[C@@H](C)C(=O)CC[C@](C)(O)/C=C2\OC(=O)C(COC(C)=O)=C21. The molecule has 0 unspecified atom stereocenters. The predicted octanol–water partition coefficient (Wildman–Crippen LogP) is 2.30. The van der Waals surface area contributed by atoms with E-state index in [-0.39, 0.29) is 48.6 Å². The van der Waals surface area contributed by atoms with Crippen LogP contribution in [0.1, 0.15) is 53.9 Å². The van der Waals surface area contributed by atoms with E-state index < -0.39 is 35.5 Å². The number of ketones is 1. The fourth-order valence-electron chi connectivity index (χ4n) is 3.24. The van der Waals surface area contributed by atoms with E-state index in [9.17, 15) is 24.3 Å². The van der Waals surface area contributed by atoms with E-state index in [2.05, 4.69) is 0 Å². The molecule has 0 saturated carbocycles. The van der Waals surface area contributed by atoms with Gasteiger partial charge in [-0.2, -0.15) is 0 Å². The van der Waals surface area contributed by atoms with E-state index in [1.54, 1.807) is 26.8 Å². The minimum absolute atomic E-state index is 0.0170. The van der Waals surface area contributed by atoms with E-state index >= 15 is 0 Å². The Morgan fingerprint density at radius 1 is 1.33 bits per heavy atom. The topological polar surface area (TPSA) is 116 Å². The van der Waals surface area contributed by atoms with Crippen LogP contribution >= 0.6 is 0 Å². The van der Waals surface area contributed by atoms with Gasteiger partial charge in [-0.25, -0.2) is 9.59 Å². The molecule has 1 aliphatic heterocycles. The number of carbonyl (C=O) groups excluding carboxylic acids is 4. The third-order valence-electron chi connectivity index (χ3n) is 5.22. The summed E-state index contributed by atoms with van der Waals surface area (Å²) in [7, 11) is 0. The number of esters is 3. The Hall–Kier alpha value is -2.74. The third kappa shape index (κ3) is 5.66. The Kier molecular flexibility index (Phi) is 7.36. The Morgan fingerprint density at radius 2 is 2.00 bits per heavy atom. The van der Waals surface area contributed by atoms with Crippen molar-refractivity contribution in [3.63, 3.8) is 0 Å². The van der Waals surface area contributed by atoms with Crippen LogP contribution in [0.2, 0.25) is 0 Å². The fourth-order valence-corrected chi connectivity index (χ4v) is 3.24. The molecule has 0 aromatic rings. The number of fused-ring (bicyclic) bond motifs is 1. The van der Waals surface area contributed by atoms with Crippen molar-refractivity contribution in [1.82, 2.24) is 0 Å². The van der Waals surface area contributed by atoms with Crippen molar-refractivity contribution < 1.29 is 38.5 Å². The van der Waals surface area contributed by atoms with Gasteiger partial charge in [0.15, 0.2) is 0 Å². The lowest BCUT2D eigenvalue weighted by molar-refractivity contribution is -0.144. The van der Waals surface area contributed by atoms with Crippen LogP contribution in [0.15, 0.2) is 34.6 Å². The Morgan fingerprint density at radius 3 is 2.60 bits per heavy atom. The number of hydrogen-bond donors (Lipinski definition) is 1. The summed E-state index contributed by atoms with van der Waals surface area (Å²) in [6, 6.07) is 0. The monoisotopic (exact) mass is 420 g/mol. The Bertz CT molecular complexity index is 843. The number of ether oxygens (including phenoxy) is 3. The van der Waals surface area contributed by atoms with Crippen LogP contribution in [-0.4, -0.2) is 47.1 Å². The van der Waals surface area contributed by atoms with Gasteiger partial charge in [-0.3, -0.25) is 9.59 Å². The number of hydrogen-bond acceptors (Lipinski definition) is 8. The number of Topliss-reactive ketones (excluding diaryl/α,β-unsaturated/α-hetero) is 1. The van der Waals surface area contributed by atoms with Crippen LogP contribution in [0.4, 0.5) is 0 Å². The number of allylic oxidation sites excluding steroid dienone is 1. The highest BCUT2D eigenvalue weighted by Crippen LogP contribution is 2.37. The Balaban J connectivity index is 2.62. The molecule has 0 aromatic heterocycles. The zero-order valence-electron chi connectivity index (χ0n) is 17.9. The maximum Gasteiger partial charge on any atom is 0.343 e. The van der Waals surface area contributed by atoms with Gasteiger partial charge in [-0.05, 0) is 39.7 Å². The molecule has 30 heavy (non-hydrogen) atoms. The van der Waals surface area contributed by atoms with Crippen LogP contribution < -0.4 is 0 Å². The Labute approximate surface area is 175 Å². The first-order valence-corrected chi connectivity index (χ1v) is 9.86. The highest BCUT2D eigenvalue weighted by molar-refractivity contribution is 5.96. The first kappa shape index (κ1) is 23.5. The third-order valence-corrected chi connectivity index (χ3v) is 5.22. The van der Waals surface area contributed by atoms with E-state index in [1.165, 1.54) is 19.9 Å². The minimum atomic E-state index is -1.43. The molecule has 0 amide bonds. The standard InChI is InChI=1S/C22H28O8/c1-6-12(2)20(25)29-17-9-13(3)16(24)7-8-22(5,27)10-18-19(17)15(21(26)30-18)11-28-14(4)23/h6,10,13,17,27H,7-9,11H2,1-5H3/b12-6-,18-10-/t13-,17+,22+/m1/s1. The molecule has 0 fully saturated rings. The molecule has 0 radical (unpaired) electrons. The average Bonchev–Trinajstić information content (AvgIpc) is 2.96. The molecule has 164 valence electrons. The quantitative estimate of drug-likeness (QED) is 0.418. The van der Waals surface area contributed by atoms with Gasteiger partial charge in [0.1, 0.15) is 24.3 Å². The van der Waals surface area contributed by atoms with E-state index in [0.717, 1.165) is 0 Å². The molecule has 0 bridgehead atoms. The van der Waals surface area contributed by atoms with Crippen LogP contribution in [0.5, 0.6) is 0 Å². The molecule has 0 aromatic carbocycles. The second-order valence-corrected chi connectivity index (χ2v) is 7.90. The van der Waals surface area contributed by atoms with E-state index in [4.69, 9.17) is 14.2 Å². The maximum atomic E-state index is 12.5. The maximum absolute atomic E-state index is 12.5. The molecular formula is C22H28O8. The lowest BCUT2D eigenvalue weighted by atomic mass is 9.85. The van der Waals surface area contributed by atoms with Crippen molar-refractivity contribution in [3.8, 4) is 0 Å². The first-order valence-electron chi connectivity index (χ1n) is 9.86. The van der Waals surface area contributed by atoms with Crippen molar-refractivity contribution in [2.45, 2.75) is 65.6 Å². The molecule has 2 aliphatic rings. The molecule has 1 heterocycles. The summed E-state index contributed by atoms with van der Waals surface area (Å²) in [5.74, 6) is -2.50. The summed E-state index contributed by atoms with van der Waals surface area (Å²) in [6.45, 7) is 7.31. The van der Waals surface area contributed by atoms with Gasteiger partial charge in [-0.1, -0.05) is 13.0 Å². The largest absolute Gasteiger partial charge is 0.461 e. The summed E-state index contributed by atoms with van der Waals surface area (Å²) in [5, 5.41) is 10.7. The van der Waals surface area contributed by atoms with Crippen LogP contribution in [0.3, 0.4) is 0 Å². The second-order valence-electron chi connectivity index (χ2n) is 7.90. The predicted molar refractivity (Wildman–Crippen MR) is 106 cm³/mol. The van der Waals surface area contributed by atoms with Gasteiger partial charge in [0, 0.05) is 30.4 Å². The highest BCUT2D eigenvalue weighted by atomic mass is 16.6. The molecule has 0 spiro atoms. The van der Waals surface area contributed by atoms with Crippen molar-refractivity contribution in [2.75, 3.05) is 6.61 Å². The molecule has 1 N–H and O–H groups in total. The lowest BCUT2D eigenvalue weighted by Crippen LogP contribution is -2.31. The smallest absolute Gasteiger partial charge is 0.343 e. The van der Waals surface area contributed by atoms with Crippen molar-refractivity contribution in [3.05, 3.63) is 34.6 Å². The van der Waals surface area contributed by atoms with Gasteiger partial charge in [0.2, 0.25) is 0 Å². The normalized spacial score (nSPS) is 29.5. The summed E-state index contributed by atoms with van der Waals surface area (Å²) < 4.78 is 16.0. The van der Waals surface area contributed by atoms with Crippen LogP contribution in [-0.2, 0) is 33.4 Å². The molecule has 2 rings (SSSR count). The first-order chi connectivity index (χ1) is 13.9. The zero-order valence-corrected chi connectivity index (χ0v) is 17.9. The highest BCUT2D eigenvalue weighted by Gasteiger charge is 2.40. The number of rotatable bonds is 4. The second kappa shape index (κ2) is 9.38. The molecular weight excluding hydrogens is 392 g/mol. The number of aliphatic hydroxyl groups is 1.